The van der Waals surface area contributed by atoms with E-state index in [1.54, 1.807) is 17.4 Å². The third kappa shape index (κ3) is 2.18. The van der Waals surface area contributed by atoms with Crippen LogP contribution in [0.4, 0.5) is 0 Å². The minimum absolute atomic E-state index is 0.238. The molecule has 0 aliphatic rings. The van der Waals surface area contributed by atoms with Gasteiger partial charge in [0.05, 0.1) is 15.8 Å². The summed E-state index contributed by atoms with van der Waals surface area (Å²) in [7, 11) is 0. The monoisotopic (exact) mass is 383 g/mol. The van der Waals surface area contributed by atoms with Gasteiger partial charge >= 0.3 is 0 Å². The highest BCUT2D eigenvalue weighted by atomic mass is 79.9. The Labute approximate surface area is 125 Å². The minimum Gasteiger partial charge on any atom is -0.507 e. The number of thiazole rings is 1. The standard InChI is InChI=1S/C13H7Br2NOS/c14-7-1-3-9(11(17)5-7)13-16-10-4-2-8(15)6-12(10)18-13/h1-6,17H. The molecule has 0 bridgehead atoms. The van der Waals surface area contributed by atoms with Gasteiger partial charge in [-0.15, -0.1) is 11.3 Å². The molecule has 0 spiro atoms. The van der Waals surface area contributed by atoms with Gasteiger partial charge in [0, 0.05) is 8.95 Å². The number of hydrogen-bond acceptors (Lipinski definition) is 3. The van der Waals surface area contributed by atoms with Gasteiger partial charge < -0.3 is 5.11 Å². The first-order valence-corrected chi connectivity index (χ1v) is 7.59. The van der Waals surface area contributed by atoms with Gasteiger partial charge in [0.15, 0.2) is 0 Å². The van der Waals surface area contributed by atoms with Crippen molar-refractivity contribution in [1.29, 1.82) is 0 Å². The summed E-state index contributed by atoms with van der Waals surface area (Å²) in [5.41, 5.74) is 1.70. The second kappa shape index (κ2) is 4.64. The molecule has 3 aromatic rings. The summed E-state index contributed by atoms with van der Waals surface area (Å²) in [5, 5.41) is 10.8. The Bertz CT molecular complexity index is 739. The first-order chi connectivity index (χ1) is 8.63. The van der Waals surface area contributed by atoms with Crippen LogP contribution in [0.1, 0.15) is 0 Å². The van der Waals surface area contributed by atoms with E-state index in [2.05, 4.69) is 36.8 Å². The van der Waals surface area contributed by atoms with Gasteiger partial charge in [-0.25, -0.2) is 4.98 Å². The van der Waals surface area contributed by atoms with Crippen LogP contribution in [-0.4, -0.2) is 10.1 Å². The quantitative estimate of drug-likeness (QED) is 0.625. The molecule has 0 unspecified atom stereocenters. The maximum absolute atomic E-state index is 9.95. The fourth-order valence-corrected chi connectivity index (χ4v) is 3.60. The number of hydrogen-bond donors (Lipinski definition) is 1. The molecule has 5 heteroatoms. The molecule has 1 heterocycles. The molecule has 2 aromatic carbocycles. The molecule has 0 aliphatic heterocycles. The molecule has 3 rings (SSSR count). The Morgan fingerprint density at radius 3 is 2.50 bits per heavy atom. The molecular formula is C13H7Br2NOS. The van der Waals surface area contributed by atoms with Crippen molar-refractivity contribution in [3.05, 3.63) is 45.3 Å². The summed E-state index contributed by atoms with van der Waals surface area (Å²) in [6.07, 6.45) is 0. The van der Waals surface area contributed by atoms with Crippen LogP contribution >= 0.6 is 43.2 Å². The summed E-state index contributed by atoms with van der Waals surface area (Å²) >= 11 is 8.34. The van der Waals surface area contributed by atoms with Crippen molar-refractivity contribution in [2.45, 2.75) is 0 Å². The Balaban J connectivity index is 2.19. The van der Waals surface area contributed by atoms with E-state index < -0.39 is 0 Å². The summed E-state index contributed by atoms with van der Waals surface area (Å²) in [6.45, 7) is 0. The molecule has 1 N–H and O–H groups in total. The smallest absolute Gasteiger partial charge is 0.128 e. The molecular weight excluding hydrogens is 378 g/mol. The maximum Gasteiger partial charge on any atom is 0.128 e. The first-order valence-electron chi connectivity index (χ1n) is 5.18. The van der Waals surface area contributed by atoms with E-state index in [0.717, 1.165) is 29.7 Å². The minimum atomic E-state index is 0.238. The average Bonchev–Trinajstić information content (AvgIpc) is 2.71. The Morgan fingerprint density at radius 2 is 1.72 bits per heavy atom. The van der Waals surface area contributed by atoms with Gasteiger partial charge in [-0.1, -0.05) is 31.9 Å². The van der Waals surface area contributed by atoms with E-state index in [-0.39, 0.29) is 5.75 Å². The van der Waals surface area contributed by atoms with Crippen LogP contribution in [0, 0.1) is 0 Å². The number of nitrogens with zero attached hydrogens (tertiary/aromatic N) is 1. The number of aromatic nitrogens is 1. The molecule has 0 saturated heterocycles. The van der Waals surface area contributed by atoms with Gasteiger partial charge in [-0.2, -0.15) is 0 Å². The van der Waals surface area contributed by atoms with E-state index >= 15 is 0 Å². The molecule has 0 aliphatic carbocycles. The van der Waals surface area contributed by atoms with Crippen LogP contribution in [0.3, 0.4) is 0 Å². The highest BCUT2D eigenvalue weighted by Gasteiger charge is 2.10. The molecule has 2 nitrogen and oxygen atoms in total. The Hall–Kier alpha value is -0.910. The highest BCUT2D eigenvalue weighted by molar-refractivity contribution is 9.10. The number of halogens is 2. The SMILES string of the molecule is Oc1cc(Br)ccc1-c1nc2ccc(Br)cc2s1. The third-order valence-corrected chi connectivity index (χ3v) is 4.58. The van der Waals surface area contributed by atoms with Crippen molar-refractivity contribution in [3.63, 3.8) is 0 Å². The van der Waals surface area contributed by atoms with E-state index in [1.807, 2.05) is 30.3 Å². The predicted molar refractivity (Wildman–Crippen MR) is 82.1 cm³/mol. The van der Waals surface area contributed by atoms with E-state index in [1.165, 1.54) is 0 Å². The van der Waals surface area contributed by atoms with Gasteiger partial charge in [0.25, 0.3) is 0 Å². The largest absolute Gasteiger partial charge is 0.507 e. The van der Waals surface area contributed by atoms with Gasteiger partial charge in [-0.3, -0.25) is 0 Å². The number of fused-ring (bicyclic) bond motifs is 1. The number of aromatic hydroxyl groups is 1. The van der Waals surface area contributed by atoms with E-state index in [4.69, 9.17) is 0 Å². The number of rotatable bonds is 1. The molecule has 0 radical (unpaired) electrons. The lowest BCUT2D eigenvalue weighted by molar-refractivity contribution is 0.477. The third-order valence-electron chi connectivity index (χ3n) is 2.54. The summed E-state index contributed by atoms with van der Waals surface area (Å²) < 4.78 is 2.99. The van der Waals surface area contributed by atoms with Gasteiger partial charge in [0.2, 0.25) is 0 Å². The second-order valence-electron chi connectivity index (χ2n) is 3.79. The van der Waals surface area contributed by atoms with Crippen molar-refractivity contribution >= 4 is 53.4 Å². The topological polar surface area (TPSA) is 33.1 Å². The first kappa shape index (κ1) is 12.1. The molecule has 0 atom stereocenters. The Morgan fingerprint density at radius 1 is 1.00 bits per heavy atom. The highest BCUT2D eigenvalue weighted by Crippen LogP contribution is 2.37. The second-order valence-corrected chi connectivity index (χ2v) is 6.65. The van der Waals surface area contributed by atoms with Crippen molar-refractivity contribution in [2.24, 2.45) is 0 Å². The molecule has 0 amide bonds. The van der Waals surface area contributed by atoms with Gasteiger partial charge in [-0.05, 0) is 36.4 Å². The molecule has 0 fully saturated rings. The molecule has 90 valence electrons. The van der Waals surface area contributed by atoms with E-state index in [9.17, 15) is 5.11 Å². The zero-order valence-electron chi connectivity index (χ0n) is 9.02. The van der Waals surface area contributed by atoms with Crippen molar-refractivity contribution in [1.82, 2.24) is 4.98 Å². The summed E-state index contributed by atoms with van der Waals surface area (Å²) in [4.78, 5) is 4.54. The molecule has 18 heavy (non-hydrogen) atoms. The predicted octanol–water partition coefficient (Wildman–Crippen LogP) is 5.19. The lowest BCUT2D eigenvalue weighted by atomic mass is 10.2. The molecule has 1 aromatic heterocycles. The average molecular weight is 385 g/mol. The van der Waals surface area contributed by atoms with Crippen LogP contribution in [0.15, 0.2) is 45.3 Å². The van der Waals surface area contributed by atoms with E-state index in [0.29, 0.717) is 0 Å². The zero-order chi connectivity index (χ0) is 12.7. The number of phenols is 1. The van der Waals surface area contributed by atoms with Crippen LogP contribution in [0.2, 0.25) is 0 Å². The van der Waals surface area contributed by atoms with Gasteiger partial charge in [0.1, 0.15) is 10.8 Å². The Kier molecular flexibility index (Phi) is 3.13. The molecule has 0 saturated carbocycles. The fourth-order valence-electron chi connectivity index (χ4n) is 1.70. The normalized spacial score (nSPS) is 11.0. The number of benzene rings is 2. The zero-order valence-corrected chi connectivity index (χ0v) is 13.0. The van der Waals surface area contributed by atoms with Crippen molar-refractivity contribution in [2.75, 3.05) is 0 Å². The summed E-state index contributed by atoms with van der Waals surface area (Å²) in [5.74, 6) is 0.238. The number of phenolic OH excluding ortho intramolecular Hbond substituents is 1. The van der Waals surface area contributed by atoms with Crippen molar-refractivity contribution in [3.8, 4) is 16.3 Å². The van der Waals surface area contributed by atoms with Crippen LogP contribution < -0.4 is 0 Å². The van der Waals surface area contributed by atoms with Crippen LogP contribution in [0.25, 0.3) is 20.8 Å². The lowest BCUT2D eigenvalue weighted by Gasteiger charge is -2.00. The summed E-state index contributed by atoms with van der Waals surface area (Å²) in [6, 6.07) is 11.4. The fraction of sp³-hybridized carbons (Fsp3) is 0. The van der Waals surface area contributed by atoms with Crippen LogP contribution in [0.5, 0.6) is 5.75 Å². The lowest BCUT2D eigenvalue weighted by Crippen LogP contribution is -1.77. The maximum atomic E-state index is 9.95. The van der Waals surface area contributed by atoms with Crippen LogP contribution in [-0.2, 0) is 0 Å². The van der Waals surface area contributed by atoms with Crippen molar-refractivity contribution < 1.29 is 5.11 Å².